The van der Waals surface area contributed by atoms with Gasteiger partial charge < -0.3 is 0 Å². The maximum Gasteiger partial charge on any atom is 0.136 e. The van der Waals surface area contributed by atoms with Gasteiger partial charge in [-0.2, -0.15) is 0 Å². The van der Waals surface area contributed by atoms with Crippen molar-refractivity contribution in [3.05, 3.63) is 0 Å². The quantitative estimate of drug-likeness (QED) is 0.699. The van der Waals surface area contributed by atoms with Crippen LogP contribution >= 0.6 is 0 Å². The molecule has 0 amide bonds. The van der Waals surface area contributed by atoms with E-state index >= 15 is 0 Å². The van der Waals surface area contributed by atoms with Crippen LogP contribution in [0.15, 0.2) is 0 Å². The van der Waals surface area contributed by atoms with Crippen LogP contribution in [0.3, 0.4) is 0 Å². The molecule has 0 aromatic heterocycles. The lowest BCUT2D eigenvalue weighted by molar-refractivity contribution is -0.135. The van der Waals surface area contributed by atoms with Gasteiger partial charge in [-0.1, -0.05) is 12.8 Å². The van der Waals surface area contributed by atoms with Gasteiger partial charge in [-0.15, -0.1) is 0 Å². The maximum absolute atomic E-state index is 11.9. The first-order valence-electron chi connectivity index (χ1n) is 6.18. The van der Waals surface area contributed by atoms with Crippen molar-refractivity contribution in [3.8, 4) is 0 Å². The highest BCUT2D eigenvalue weighted by Crippen LogP contribution is 2.49. The highest BCUT2D eigenvalue weighted by molar-refractivity contribution is 5.87. The average Bonchev–Trinajstić information content (AvgIpc) is 2.72. The summed E-state index contributed by atoms with van der Waals surface area (Å²) in [6.45, 7) is 1.73. The summed E-state index contributed by atoms with van der Waals surface area (Å²) in [5.74, 6) is 1.26. The summed E-state index contributed by atoms with van der Waals surface area (Å²) in [4.78, 5) is 23.2. The average molecular weight is 208 g/mol. The molecule has 0 aliphatic heterocycles. The normalized spacial score (nSPS) is 26.9. The fraction of sp³-hybridized carbons (Fsp3) is 0.846. The molecule has 0 unspecified atom stereocenters. The van der Waals surface area contributed by atoms with Crippen LogP contribution in [-0.2, 0) is 9.59 Å². The van der Waals surface area contributed by atoms with Gasteiger partial charge in [-0.25, -0.2) is 0 Å². The molecule has 0 radical (unpaired) electrons. The molecule has 84 valence electrons. The minimum atomic E-state index is -0.121. The summed E-state index contributed by atoms with van der Waals surface area (Å²) in [5.41, 5.74) is -0.121. The lowest BCUT2D eigenvalue weighted by atomic mass is 9.63. The standard InChI is InChI=1S/C13H20O2/c1-10(14)13(11-4-2-3-5-11)8-6-12(15)7-9-13/h11H,2-9H2,1H3. The SMILES string of the molecule is CC(=O)C1(C2CCCC2)CCC(=O)CC1. The summed E-state index contributed by atoms with van der Waals surface area (Å²) < 4.78 is 0. The van der Waals surface area contributed by atoms with E-state index in [1.165, 1.54) is 25.7 Å². The predicted octanol–water partition coefficient (Wildman–Crippen LogP) is 2.90. The zero-order chi connectivity index (χ0) is 10.9. The van der Waals surface area contributed by atoms with Crippen molar-refractivity contribution in [1.29, 1.82) is 0 Å². The van der Waals surface area contributed by atoms with E-state index in [4.69, 9.17) is 0 Å². The second-order valence-corrected chi connectivity index (χ2v) is 5.23. The Morgan fingerprint density at radius 2 is 1.73 bits per heavy atom. The summed E-state index contributed by atoms with van der Waals surface area (Å²) in [5, 5.41) is 0. The van der Waals surface area contributed by atoms with Crippen LogP contribution in [0.5, 0.6) is 0 Å². The van der Waals surface area contributed by atoms with Crippen molar-refractivity contribution in [2.75, 3.05) is 0 Å². The molecule has 0 bridgehead atoms. The maximum atomic E-state index is 11.9. The van der Waals surface area contributed by atoms with Gasteiger partial charge in [0.15, 0.2) is 0 Å². The molecule has 2 saturated carbocycles. The highest BCUT2D eigenvalue weighted by Gasteiger charge is 2.45. The molecular formula is C13H20O2. The molecule has 2 nitrogen and oxygen atoms in total. The Kier molecular flexibility index (Phi) is 2.94. The third-order valence-corrected chi connectivity index (χ3v) is 4.54. The first kappa shape index (κ1) is 10.8. The van der Waals surface area contributed by atoms with E-state index in [1.54, 1.807) is 6.92 Å². The van der Waals surface area contributed by atoms with E-state index in [2.05, 4.69) is 0 Å². The van der Waals surface area contributed by atoms with Crippen LogP contribution in [0.1, 0.15) is 58.3 Å². The number of ketones is 2. The molecule has 15 heavy (non-hydrogen) atoms. The topological polar surface area (TPSA) is 34.1 Å². The number of carbonyl (C=O) groups excluding carboxylic acids is 2. The molecule has 0 aromatic carbocycles. The zero-order valence-corrected chi connectivity index (χ0v) is 9.55. The van der Waals surface area contributed by atoms with Gasteiger partial charge in [-0.05, 0) is 38.5 Å². The molecular weight excluding hydrogens is 188 g/mol. The Bertz CT molecular complexity index is 264. The second-order valence-electron chi connectivity index (χ2n) is 5.23. The molecule has 0 spiro atoms. The van der Waals surface area contributed by atoms with Crippen LogP contribution in [0.4, 0.5) is 0 Å². The molecule has 2 heteroatoms. The second kappa shape index (κ2) is 4.07. The number of hydrogen-bond acceptors (Lipinski definition) is 2. The van der Waals surface area contributed by atoms with Gasteiger partial charge in [0.05, 0.1) is 0 Å². The van der Waals surface area contributed by atoms with Crippen LogP contribution in [-0.4, -0.2) is 11.6 Å². The van der Waals surface area contributed by atoms with E-state index in [0.29, 0.717) is 30.3 Å². The Labute approximate surface area is 91.4 Å². The molecule has 0 heterocycles. The molecule has 0 N–H and O–H groups in total. The van der Waals surface area contributed by atoms with Crippen molar-refractivity contribution < 1.29 is 9.59 Å². The first-order chi connectivity index (χ1) is 7.15. The number of hydrogen-bond donors (Lipinski definition) is 0. The molecule has 2 aliphatic rings. The molecule has 0 saturated heterocycles. The highest BCUT2D eigenvalue weighted by atomic mass is 16.1. The number of carbonyl (C=O) groups is 2. The fourth-order valence-corrected chi connectivity index (χ4v) is 3.50. The minimum absolute atomic E-state index is 0.121. The van der Waals surface area contributed by atoms with Crippen molar-refractivity contribution in [3.63, 3.8) is 0 Å². The van der Waals surface area contributed by atoms with E-state index in [-0.39, 0.29) is 5.41 Å². The largest absolute Gasteiger partial charge is 0.300 e. The summed E-state index contributed by atoms with van der Waals surface area (Å²) in [6.07, 6.45) is 7.87. The molecule has 0 atom stereocenters. The van der Waals surface area contributed by atoms with Crippen molar-refractivity contribution in [1.82, 2.24) is 0 Å². The molecule has 2 fully saturated rings. The third kappa shape index (κ3) is 1.86. The lowest BCUT2D eigenvalue weighted by Gasteiger charge is -2.39. The van der Waals surface area contributed by atoms with Crippen LogP contribution in [0.25, 0.3) is 0 Å². The molecule has 2 rings (SSSR count). The minimum Gasteiger partial charge on any atom is -0.300 e. The van der Waals surface area contributed by atoms with Gasteiger partial charge in [-0.3, -0.25) is 9.59 Å². The van der Waals surface area contributed by atoms with Crippen LogP contribution < -0.4 is 0 Å². The summed E-state index contributed by atoms with van der Waals surface area (Å²) >= 11 is 0. The van der Waals surface area contributed by atoms with E-state index in [9.17, 15) is 9.59 Å². The van der Waals surface area contributed by atoms with Crippen molar-refractivity contribution in [2.45, 2.75) is 58.3 Å². The Balaban J connectivity index is 2.16. The van der Waals surface area contributed by atoms with E-state index < -0.39 is 0 Å². The van der Waals surface area contributed by atoms with Crippen molar-refractivity contribution in [2.24, 2.45) is 11.3 Å². The zero-order valence-electron chi connectivity index (χ0n) is 9.55. The summed E-state index contributed by atoms with van der Waals surface area (Å²) in [7, 11) is 0. The van der Waals surface area contributed by atoms with Gasteiger partial charge in [0.1, 0.15) is 11.6 Å². The third-order valence-electron chi connectivity index (χ3n) is 4.54. The van der Waals surface area contributed by atoms with Crippen molar-refractivity contribution >= 4 is 11.6 Å². The van der Waals surface area contributed by atoms with Gasteiger partial charge >= 0.3 is 0 Å². The van der Waals surface area contributed by atoms with Crippen LogP contribution in [0, 0.1) is 11.3 Å². The van der Waals surface area contributed by atoms with Gasteiger partial charge in [0.2, 0.25) is 0 Å². The van der Waals surface area contributed by atoms with Crippen LogP contribution in [0.2, 0.25) is 0 Å². The fourth-order valence-electron chi connectivity index (χ4n) is 3.50. The number of Topliss-reactive ketones (excluding diaryl/α,β-unsaturated/α-hetero) is 2. The molecule has 0 aromatic rings. The lowest BCUT2D eigenvalue weighted by Crippen LogP contribution is -2.40. The smallest absolute Gasteiger partial charge is 0.136 e. The van der Waals surface area contributed by atoms with E-state index in [0.717, 1.165) is 12.8 Å². The Morgan fingerprint density at radius 3 is 2.20 bits per heavy atom. The molecule has 2 aliphatic carbocycles. The predicted molar refractivity (Wildman–Crippen MR) is 58.5 cm³/mol. The first-order valence-corrected chi connectivity index (χ1v) is 6.18. The summed E-state index contributed by atoms with van der Waals surface area (Å²) in [6, 6.07) is 0. The number of rotatable bonds is 2. The van der Waals surface area contributed by atoms with Gasteiger partial charge in [0.25, 0.3) is 0 Å². The van der Waals surface area contributed by atoms with Gasteiger partial charge in [0, 0.05) is 18.3 Å². The monoisotopic (exact) mass is 208 g/mol. The Morgan fingerprint density at radius 1 is 1.20 bits per heavy atom. The van der Waals surface area contributed by atoms with E-state index in [1.807, 2.05) is 0 Å². The Hall–Kier alpha value is -0.660.